The lowest BCUT2D eigenvalue weighted by Gasteiger charge is -2.19. The van der Waals surface area contributed by atoms with Crippen LogP contribution >= 0.6 is 0 Å². The Hall–Kier alpha value is -4.02. The molecule has 1 heterocycles. The number of hydrogen-bond acceptors (Lipinski definition) is 5. The molecule has 7 nitrogen and oxygen atoms in total. The molecule has 0 saturated carbocycles. The number of ketones is 1. The first-order valence-electron chi connectivity index (χ1n) is 11.3. The molecule has 1 amide bonds. The zero-order valence-electron chi connectivity index (χ0n) is 20.4. The van der Waals surface area contributed by atoms with E-state index in [0.717, 1.165) is 11.1 Å². The van der Waals surface area contributed by atoms with Gasteiger partial charge in [0, 0.05) is 17.8 Å². The van der Waals surface area contributed by atoms with Gasteiger partial charge < -0.3 is 10.1 Å². The number of Topliss-reactive ketones (excluding diaryl/α,β-unsaturated/α-hetero) is 1. The third-order valence-electron chi connectivity index (χ3n) is 5.40. The van der Waals surface area contributed by atoms with Gasteiger partial charge in [-0.2, -0.15) is 13.9 Å². The Bertz CT molecular complexity index is 1360. The van der Waals surface area contributed by atoms with Crippen molar-refractivity contribution in [1.82, 2.24) is 15.1 Å². The predicted molar refractivity (Wildman–Crippen MR) is 126 cm³/mol. The molecular formula is C26H25F4N3O4. The molecule has 1 aromatic heterocycles. The van der Waals surface area contributed by atoms with Crippen LogP contribution in [0.15, 0.2) is 47.4 Å². The first kappa shape index (κ1) is 27.6. The maximum absolute atomic E-state index is 13.6. The molecular weight excluding hydrogens is 494 g/mol. The second kappa shape index (κ2) is 11.4. The van der Waals surface area contributed by atoms with Crippen molar-refractivity contribution in [2.75, 3.05) is 13.2 Å². The maximum atomic E-state index is 13.6. The van der Waals surface area contributed by atoms with Gasteiger partial charge in [0.1, 0.15) is 6.61 Å². The second-order valence-electron chi connectivity index (χ2n) is 9.35. The summed E-state index contributed by atoms with van der Waals surface area (Å²) in [7, 11) is 0. The molecule has 0 fully saturated rings. The molecule has 1 N–H and O–H groups in total. The highest BCUT2D eigenvalue weighted by Crippen LogP contribution is 2.26. The van der Waals surface area contributed by atoms with Crippen LogP contribution in [0.5, 0.6) is 5.75 Å². The number of carbonyl (C=O) groups is 2. The highest BCUT2D eigenvalue weighted by Gasteiger charge is 2.21. The van der Waals surface area contributed by atoms with Gasteiger partial charge in [-0.25, -0.2) is 13.5 Å². The highest BCUT2D eigenvalue weighted by molar-refractivity contribution is 5.87. The summed E-state index contributed by atoms with van der Waals surface area (Å²) in [5, 5.41) is 6.34. The summed E-state index contributed by atoms with van der Waals surface area (Å²) in [6.45, 7) is 4.87. The number of nitrogens with zero attached hydrogens (tertiary/aromatic N) is 2. The fourth-order valence-electron chi connectivity index (χ4n) is 3.36. The van der Waals surface area contributed by atoms with E-state index in [4.69, 9.17) is 0 Å². The third-order valence-corrected chi connectivity index (χ3v) is 5.40. The molecule has 0 aliphatic rings. The quantitative estimate of drug-likeness (QED) is 0.346. The SMILES string of the molecule is CC(C)(C)c1cccc(Cn2nccc(CC(=O)NCC(=O)COc3c(F)c(F)cc(F)c3F)c2=O)c1. The van der Waals surface area contributed by atoms with Gasteiger partial charge in [0.05, 0.1) is 19.5 Å². The summed E-state index contributed by atoms with van der Waals surface area (Å²) in [5.74, 6) is -9.80. The van der Waals surface area contributed by atoms with E-state index in [9.17, 15) is 31.9 Å². The van der Waals surface area contributed by atoms with Crippen LogP contribution in [0.4, 0.5) is 17.6 Å². The zero-order chi connectivity index (χ0) is 27.3. The summed E-state index contributed by atoms with van der Waals surface area (Å²) >= 11 is 0. The molecule has 0 spiro atoms. The first-order valence-corrected chi connectivity index (χ1v) is 11.3. The molecule has 3 rings (SSSR count). The van der Waals surface area contributed by atoms with Crippen LogP contribution in [0.3, 0.4) is 0 Å². The molecule has 196 valence electrons. The molecule has 0 radical (unpaired) electrons. The lowest BCUT2D eigenvalue weighted by Crippen LogP contribution is -2.35. The lowest BCUT2D eigenvalue weighted by molar-refractivity contribution is -0.125. The molecule has 3 aromatic rings. The topological polar surface area (TPSA) is 90.3 Å². The van der Waals surface area contributed by atoms with E-state index in [2.05, 4.69) is 35.9 Å². The number of carbonyl (C=O) groups excluding carboxylic acids is 2. The standard InChI is InChI=1S/C26H25F4N3O4/c1-26(2,3)17-6-4-5-15(9-17)13-33-25(36)16(7-8-32-33)10-21(35)31-12-18(34)14-37-24-22(29)19(27)11-20(28)23(24)30/h4-9,11H,10,12-14H2,1-3H3,(H,31,35). The molecule has 0 bridgehead atoms. The fourth-order valence-corrected chi connectivity index (χ4v) is 3.36. The van der Waals surface area contributed by atoms with Crippen LogP contribution < -0.4 is 15.6 Å². The minimum atomic E-state index is -1.78. The van der Waals surface area contributed by atoms with Crippen molar-refractivity contribution >= 4 is 11.7 Å². The van der Waals surface area contributed by atoms with Crippen LogP contribution in [-0.4, -0.2) is 34.6 Å². The van der Waals surface area contributed by atoms with Gasteiger partial charge >= 0.3 is 0 Å². The van der Waals surface area contributed by atoms with E-state index in [1.165, 1.54) is 16.9 Å². The predicted octanol–water partition coefficient (Wildman–Crippen LogP) is 3.45. The highest BCUT2D eigenvalue weighted by atomic mass is 19.2. The van der Waals surface area contributed by atoms with Crippen LogP contribution in [0.1, 0.15) is 37.5 Å². The Morgan fingerprint density at radius 2 is 1.70 bits per heavy atom. The Kier molecular flexibility index (Phi) is 8.46. The maximum Gasteiger partial charge on any atom is 0.270 e. The Morgan fingerprint density at radius 3 is 2.35 bits per heavy atom. The van der Waals surface area contributed by atoms with Crippen molar-refractivity contribution in [2.24, 2.45) is 0 Å². The van der Waals surface area contributed by atoms with Crippen molar-refractivity contribution in [3.8, 4) is 5.75 Å². The largest absolute Gasteiger partial charge is 0.479 e. The number of rotatable bonds is 9. The van der Waals surface area contributed by atoms with Crippen LogP contribution in [0.25, 0.3) is 0 Å². The number of nitrogens with one attached hydrogen (secondary N) is 1. The number of ether oxygens (including phenoxy) is 1. The molecule has 37 heavy (non-hydrogen) atoms. The second-order valence-corrected chi connectivity index (χ2v) is 9.35. The van der Waals surface area contributed by atoms with E-state index in [-0.39, 0.29) is 30.0 Å². The smallest absolute Gasteiger partial charge is 0.270 e. The van der Waals surface area contributed by atoms with Crippen molar-refractivity contribution in [3.63, 3.8) is 0 Å². The molecule has 2 aromatic carbocycles. The minimum absolute atomic E-state index is 0.00955. The van der Waals surface area contributed by atoms with Crippen molar-refractivity contribution in [3.05, 3.63) is 92.9 Å². The zero-order valence-corrected chi connectivity index (χ0v) is 20.4. The molecule has 11 heteroatoms. The van der Waals surface area contributed by atoms with Crippen molar-refractivity contribution in [1.29, 1.82) is 0 Å². The van der Waals surface area contributed by atoms with Crippen molar-refractivity contribution < 1.29 is 31.9 Å². The number of amides is 1. The summed E-state index contributed by atoms with van der Waals surface area (Å²) in [5.41, 5.74) is 1.54. The van der Waals surface area contributed by atoms with Gasteiger partial charge in [0.15, 0.2) is 23.2 Å². The average molecular weight is 519 g/mol. The Balaban J connectivity index is 1.58. The number of benzene rings is 2. The fraction of sp³-hybridized carbons (Fsp3) is 0.308. The van der Waals surface area contributed by atoms with E-state index in [1.807, 2.05) is 24.3 Å². The van der Waals surface area contributed by atoms with Crippen LogP contribution in [0.2, 0.25) is 0 Å². The summed E-state index contributed by atoms with van der Waals surface area (Å²) in [4.78, 5) is 37.0. The van der Waals surface area contributed by atoms with Crippen molar-refractivity contribution in [2.45, 2.75) is 39.2 Å². The van der Waals surface area contributed by atoms with Crippen LogP contribution in [-0.2, 0) is 28.0 Å². The van der Waals surface area contributed by atoms with Gasteiger partial charge in [0.25, 0.3) is 5.56 Å². The molecule has 0 aliphatic carbocycles. The molecule has 0 unspecified atom stereocenters. The van der Waals surface area contributed by atoms with Crippen LogP contribution in [0, 0.1) is 23.3 Å². The molecule has 0 atom stereocenters. The number of hydrogen-bond donors (Lipinski definition) is 1. The molecule has 0 saturated heterocycles. The number of aromatic nitrogens is 2. The summed E-state index contributed by atoms with van der Waals surface area (Å²) in [6, 6.07) is 9.14. The van der Waals surface area contributed by atoms with E-state index in [0.29, 0.717) is 0 Å². The Labute approximate surface area is 210 Å². The van der Waals surface area contributed by atoms with Gasteiger partial charge in [-0.05, 0) is 22.6 Å². The minimum Gasteiger partial charge on any atom is -0.479 e. The Morgan fingerprint density at radius 1 is 1.03 bits per heavy atom. The summed E-state index contributed by atoms with van der Waals surface area (Å²) < 4.78 is 59.4. The van der Waals surface area contributed by atoms with E-state index >= 15 is 0 Å². The monoisotopic (exact) mass is 519 g/mol. The lowest BCUT2D eigenvalue weighted by atomic mass is 9.86. The average Bonchev–Trinajstić information content (AvgIpc) is 2.83. The van der Waals surface area contributed by atoms with Gasteiger partial charge in [-0.3, -0.25) is 14.4 Å². The third kappa shape index (κ3) is 7.02. The van der Waals surface area contributed by atoms with Gasteiger partial charge in [-0.1, -0.05) is 45.0 Å². The van der Waals surface area contributed by atoms with Gasteiger partial charge in [-0.15, -0.1) is 0 Å². The van der Waals surface area contributed by atoms with E-state index < -0.39 is 59.4 Å². The summed E-state index contributed by atoms with van der Waals surface area (Å²) in [6.07, 6.45) is 1.04. The van der Waals surface area contributed by atoms with E-state index in [1.54, 1.807) is 0 Å². The number of halogens is 4. The normalized spacial score (nSPS) is 11.3. The van der Waals surface area contributed by atoms with Gasteiger partial charge in [0.2, 0.25) is 17.5 Å². The first-order chi connectivity index (χ1) is 17.4. The molecule has 0 aliphatic heterocycles.